The van der Waals surface area contributed by atoms with Crippen LogP contribution in [0, 0.1) is 41.3 Å². The molecule has 0 aromatic heterocycles. The van der Waals surface area contributed by atoms with Gasteiger partial charge in [-0.1, -0.05) is 13.3 Å². The Morgan fingerprint density at radius 3 is 2.43 bits per heavy atom. The minimum atomic E-state index is 0. The van der Waals surface area contributed by atoms with Gasteiger partial charge in [-0.2, -0.15) is 6.01 Å². The molecule has 0 aromatic rings. The van der Waals surface area contributed by atoms with E-state index in [4.69, 9.17) is 5.41 Å². The van der Waals surface area contributed by atoms with E-state index < -0.39 is 0 Å². The molecule has 0 bridgehead atoms. The van der Waals surface area contributed by atoms with Crippen LogP contribution < -0.4 is 0 Å². The van der Waals surface area contributed by atoms with Gasteiger partial charge in [0.2, 0.25) is 0 Å². The third kappa shape index (κ3) is 10.8. The predicted molar refractivity (Wildman–Crippen MR) is 26.0 cm³/mol. The molecule has 0 N–H and O–H groups in total. The molecule has 3 heteroatoms. The van der Waals surface area contributed by atoms with Gasteiger partial charge in [0.05, 0.1) is 0 Å². The smallest absolute Gasteiger partial charge is 0 e. The van der Waals surface area contributed by atoms with Crippen LogP contribution in [0.25, 0.3) is 5.41 Å². The molecule has 0 atom stereocenters. The van der Waals surface area contributed by atoms with Crippen molar-refractivity contribution < 1.29 is 41.3 Å². The fourth-order valence-electron chi connectivity index (χ4n) is 0.162. The molecule has 0 aliphatic carbocycles. The summed E-state index contributed by atoms with van der Waals surface area (Å²) in [5.74, 6) is 0. The van der Waals surface area contributed by atoms with E-state index in [0.717, 1.165) is 6.42 Å². The predicted octanol–water partition coefficient (Wildman–Crippen LogP) is 1.14. The van der Waals surface area contributed by atoms with Crippen LogP contribution in [0.1, 0.15) is 13.3 Å². The Morgan fingerprint density at radius 1 is 1.71 bits per heavy atom. The molecule has 0 heterocycles. The van der Waals surface area contributed by atoms with Crippen LogP contribution in [0.2, 0.25) is 0 Å². The van der Waals surface area contributed by atoms with Crippen molar-refractivity contribution in [2.75, 3.05) is 6.54 Å². The second kappa shape index (κ2) is 9.89. The van der Waals surface area contributed by atoms with Crippen molar-refractivity contribution in [2.24, 2.45) is 4.99 Å². The Balaban J connectivity index is 0. The Bertz CT molecular complexity index is 66.1. The molecule has 37 valence electrons. The summed E-state index contributed by atoms with van der Waals surface area (Å²) >= 11 is 0. The van der Waals surface area contributed by atoms with Crippen molar-refractivity contribution in [1.29, 1.82) is 0 Å². The molecule has 0 aliphatic heterocycles. The van der Waals surface area contributed by atoms with E-state index >= 15 is 0 Å². The molecule has 0 unspecified atom stereocenters. The summed E-state index contributed by atoms with van der Waals surface area (Å²) < 4.78 is 0. The second-order valence-electron chi connectivity index (χ2n) is 0.982. The average molecular weight is 224 g/mol. The first-order chi connectivity index (χ1) is 2.91. The van der Waals surface area contributed by atoms with Crippen LogP contribution in [-0.4, -0.2) is 12.6 Å². The molecule has 7 heavy (non-hydrogen) atoms. The first-order valence-corrected chi connectivity index (χ1v) is 1.97. The second-order valence-corrected chi connectivity index (χ2v) is 0.982. The Hall–Kier alpha value is 0.744. The van der Waals surface area contributed by atoms with Crippen LogP contribution in [0.15, 0.2) is 4.99 Å². The van der Waals surface area contributed by atoms with E-state index in [1.807, 2.05) is 6.92 Å². The van der Waals surface area contributed by atoms with Gasteiger partial charge < -0.3 is 10.4 Å². The molecule has 0 fully saturated rings. The monoisotopic (exact) mass is 224 g/mol. The maximum Gasteiger partial charge on any atom is 0 e. The minimum absolute atomic E-state index is 0. The van der Waals surface area contributed by atoms with Gasteiger partial charge in [0, 0.05) is 41.3 Å². The van der Waals surface area contributed by atoms with Gasteiger partial charge in [0.15, 0.2) is 0 Å². The van der Waals surface area contributed by atoms with Crippen molar-refractivity contribution in [3.8, 4) is 0 Å². The summed E-state index contributed by atoms with van der Waals surface area (Å²) in [6.45, 7) is 2.66. The van der Waals surface area contributed by atoms with Gasteiger partial charge in [0.1, 0.15) is 0 Å². The topological polar surface area (TPSA) is 34.7 Å². The van der Waals surface area contributed by atoms with Crippen LogP contribution in [-0.2, 0) is 0 Å². The third-order valence-corrected chi connectivity index (χ3v) is 0.406. The molecule has 0 aromatic carbocycles. The Morgan fingerprint density at radius 2 is 2.29 bits per heavy atom. The van der Waals surface area contributed by atoms with Gasteiger partial charge in [0.25, 0.3) is 0 Å². The van der Waals surface area contributed by atoms with Gasteiger partial charge >= 0.3 is 0 Å². The molecule has 0 saturated heterocycles. The fourth-order valence-corrected chi connectivity index (χ4v) is 0.162. The van der Waals surface area contributed by atoms with E-state index in [9.17, 15) is 0 Å². The van der Waals surface area contributed by atoms with Gasteiger partial charge in [-0.25, -0.2) is 0 Å². The maximum atomic E-state index is 7.78. The van der Waals surface area contributed by atoms with E-state index in [1.54, 1.807) is 6.01 Å². The first-order valence-electron chi connectivity index (χ1n) is 1.97. The van der Waals surface area contributed by atoms with Crippen molar-refractivity contribution in [3.63, 3.8) is 0 Å². The first kappa shape index (κ1) is 10.7. The molecule has 0 spiro atoms. The van der Waals surface area contributed by atoms with E-state index in [0.29, 0.717) is 6.54 Å². The van der Waals surface area contributed by atoms with E-state index in [2.05, 4.69) is 4.99 Å². The van der Waals surface area contributed by atoms with E-state index in [1.165, 1.54) is 0 Å². The van der Waals surface area contributed by atoms with Crippen LogP contribution >= 0.6 is 0 Å². The normalized spacial score (nSPS) is 5.86. The Kier molecular flexibility index (Phi) is 15.1. The number of rotatable bonds is 2. The average Bonchev–Trinajstić information content (AvgIpc) is 1.61. The number of aliphatic imine (C=N–C) groups is 1. The maximum absolute atomic E-state index is 7.78. The van der Waals surface area contributed by atoms with Crippen molar-refractivity contribution in [1.82, 2.24) is 0 Å². The van der Waals surface area contributed by atoms with Crippen molar-refractivity contribution in [2.45, 2.75) is 13.3 Å². The molecule has 0 aliphatic rings. The Labute approximate surface area is 76.9 Å². The summed E-state index contributed by atoms with van der Waals surface area (Å²) in [5.41, 5.74) is 0. The van der Waals surface area contributed by atoms with Gasteiger partial charge in [-0.05, 0) is 6.54 Å². The summed E-state index contributed by atoms with van der Waals surface area (Å²) in [7, 11) is 0. The summed E-state index contributed by atoms with van der Waals surface area (Å²) in [6.07, 6.45) is 0.966. The van der Waals surface area contributed by atoms with Crippen LogP contribution in [0.5, 0.6) is 0 Å². The number of nitrogens with zero attached hydrogens (tertiary/aromatic N) is 2. The number of hydrogen-bond donors (Lipinski definition) is 0. The minimum Gasteiger partial charge on any atom is -0.431 e. The zero-order chi connectivity index (χ0) is 4.83. The number of hydrogen-bond acceptors (Lipinski definition) is 1. The quantitative estimate of drug-likeness (QED) is 0.630. The molecule has 0 rings (SSSR count). The molecule has 0 saturated carbocycles. The third-order valence-electron chi connectivity index (χ3n) is 0.406. The van der Waals surface area contributed by atoms with Crippen LogP contribution in [0.3, 0.4) is 0 Å². The molecule has 0 amide bonds. The van der Waals surface area contributed by atoms with Crippen molar-refractivity contribution >= 4 is 6.01 Å². The van der Waals surface area contributed by atoms with E-state index in [-0.39, 0.29) is 41.3 Å². The summed E-state index contributed by atoms with van der Waals surface area (Å²) in [4.78, 5) is 3.40. The standard InChI is InChI=1S/C4H7N2.Pr/c1-2-3-6-4-5;/h2-3H2,1H3;/q-1;. The molecular weight excluding hydrogens is 217 g/mol. The zero-order valence-electron chi connectivity index (χ0n) is 4.39. The fraction of sp³-hybridized carbons (Fsp3) is 0.750. The largest absolute Gasteiger partial charge is 0.431 e. The summed E-state index contributed by atoms with van der Waals surface area (Å²) in [6, 6.07) is 1.69. The summed E-state index contributed by atoms with van der Waals surface area (Å²) in [5, 5.41) is 7.78. The zero-order valence-corrected chi connectivity index (χ0v) is 8.09. The SMILES string of the molecule is CCCN=C=[N-].[Pr]. The molecular formula is C4H7N2Pr-. The van der Waals surface area contributed by atoms with Gasteiger partial charge in [-0.3, -0.25) is 0 Å². The van der Waals surface area contributed by atoms with Crippen molar-refractivity contribution in [3.05, 3.63) is 5.41 Å². The van der Waals surface area contributed by atoms with Gasteiger partial charge in [-0.15, -0.1) is 0 Å². The van der Waals surface area contributed by atoms with Crippen LogP contribution in [0.4, 0.5) is 0 Å². The molecule has 1 radical (unpaired) electrons. The molecule has 2 nitrogen and oxygen atoms in total.